The Hall–Kier alpha value is -1.10. The minimum absolute atomic E-state index is 0.376. The van der Waals surface area contributed by atoms with Gasteiger partial charge in [-0.2, -0.15) is 0 Å². The Morgan fingerprint density at radius 2 is 2.25 bits per heavy atom. The van der Waals surface area contributed by atoms with Crippen molar-refractivity contribution in [1.29, 1.82) is 0 Å². The fraction of sp³-hybridized carbons (Fsp3) is 0.636. The van der Waals surface area contributed by atoms with Gasteiger partial charge >= 0.3 is 6.09 Å². The van der Waals surface area contributed by atoms with Crippen LogP contribution < -0.4 is 5.32 Å². The van der Waals surface area contributed by atoms with Crippen molar-refractivity contribution < 1.29 is 9.53 Å². The SMILES string of the molecule is Cc1nc(CCNC(=O)OC(C)(C)C)cs1. The molecule has 1 heterocycles. The predicted molar refractivity (Wildman–Crippen MR) is 64.8 cm³/mol. The standard InChI is InChI=1S/C11H18N2O2S/c1-8-13-9(7-16-8)5-6-12-10(14)15-11(2,3)4/h7H,5-6H2,1-4H3,(H,12,14). The van der Waals surface area contributed by atoms with Crippen LogP contribution in [-0.4, -0.2) is 23.2 Å². The molecule has 1 aromatic heterocycles. The van der Waals surface area contributed by atoms with E-state index in [1.807, 2.05) is 33.1 Å². The maximum atomic E-state index is 11.3. The summed E-state index contributed by atoms with van der Waals surface area (Å²) in [5, 5.41) is 5.75. The van der Waals surface area contributed by atoms with Gasteiger partial charge in [-0.1, -0.05) is 0 Å². The summed E-state index contributed by atoms with van der Waals surface area (Å²) in [7, 11) is 0. The van der Waals surface area contributed by atoms with Gasteiger partial charge in [0.25, 0.3) is 0 Å². The molecule has 0 aromatic carbocycles. The minimum atomic E-state index is -0.443. The summed E-state index contributed by atoms with van der Waals surface area (Å²) in [4.78, 5) is 15.6. The van der Waals surface area contributed by atoms with E-state index >= 15 is 0 Å². The molecule has 0 atom stereocenters. The molecule has 90 valence electrons. The van der Waals surface area contributed by atoms with Crippen LogP contribution in [0.1, 0.15) is 31.5 Å². The molecule has 0 aliphatic carbocycles. The van der Waals surface area contributed by atoms with E-state index in [4.69, 9.17) is 4.74 Å². The van der Waals surface area contributed by atoms with Crippen LogP contribution in [0.25, 0.3) is 0 Å². The lowest BCUT2D eigenvalue weighted by molar-refractivity contribution is 0.0528. The lowest BCUT2D eigenvalue weighted by Gasteiger charge is -2.19. The van der Waals surface area contributed by atoms with Crippen LogP contribution in [0, 0.1) is 6.92 Å². The fourth-order valence-electron chi connectivity index (χ4n) is 1.13. The molecule has 1 aromatic rings. The summed E-state index contributed by atoms with van der Waals surface area (Å²) >= 11 is 1.62. The highest BCUT2D eigenvalue weighted by Crippen LogP contribution is 2.08. The smallest absolute Gasteiger partial charge is 0.407 e. The number of amides is 1. The third kappa shape index (κ3) is 5.11. The molecule has 0 unspecified atom stereocenters. The van der Waals surface area contributed by atoms with Gasteiger partial charge in [0.05, 0.1) is 10.7 Å². The summed E-state index contributed by atoms with van der Waals surface area (Å²) in [6, 6.07) is 0. The van der Waals surface area contributed by atoms with Gasteiger partial charge in [0.15, 0.2) is 0 Å². The Morgan fingerprint density at radius 1 is 1.56 bits per heavy atom. The third-order valence-electron chi connectivity index (χ3n) is 1.72. The number of thiazole rings is 1. The number of carbonyl (C=O) groups is 1. The van der Waals surface area contributed by atoms with Crippen molar-refractivity contribution in [1.82, 2.24) is 10.3 Å². The first-order valence-electron chi connectivity index (χ1n) is 5.25. The average Bonchev–Trinajstić information content (AvgIpc) is 2.48. The Labute approximate surface area is 100 Å². The molecule has 0 bridgehead atoms. The third-order valence-corrected chi connectivity index (χ3v) is 2.54. The van der Waals surface area contributed by atoms with Gasteiger partial charge in [-0.25, -0.2) is 9.78 Å². The van der Waals surface area contributed by atoms with Crippen molar-refractivity contribution in [3.05, 3.63) is 16.1 Å². The molecule has 1 N–H and O–H groups in total. The second-order valence-corrected chi connectivity index (χ2v) is 5.60. The zero-order valence-electron chi connectivity index (χ0n) is 10.2. The van der Waals surface area contributed by atoms with E-state index in [0.29, 0.717) is 6.54 Å². The first-order chi connectivity index (χ1) is 7.37. The van der Waals surface area contributed by atoms with Gasteiger partial charge in [-0.05, 0) is 27.7 Å². The van der Waals surface area contributed by atoms with Crippen molar-refractivity contribution in [3.8, 4) is 0 Å². The lowest BCUT2D eigenvalue weighted by atomic mass is 10.2. The van der Waals surface area contributed by atoms with E-state index < -0.39 is 5.60 Å². The molecule has 4 nitrogen and oxygen atoms in total. The highest BCUT2D eigenvalue weighted by atomic mass is 32.1. The molecule has 0 aliphatic rings. The molecule has 0 radical (unpaired) electrons. The van der Waals surface area contributed by atoms with Crippen LogP contribution in [0.15, 0.2) is 5.38 Å². The number of alkyl carbamates (subject to hydrolysis) is 1. The van der Waals surface area contributed by atoms with Crippen LogP contribution in [-0.2, 0) is 11.2 Å². The zero-order valence-corrected chi connectivity index (χ0v) is 11.0. The first kappa shape index (κ1) is 13.0. The van der Waals surface area contributed by atoms with Crippen LogP contribution >= 0.6 is 11.3 Å². The Kier molecular flexibility index (Phi) is 4.29. The van der Waals surface area contributed by atoms with Crippen molar-refractivity contribution in [2.45, 2.75) is 39.7 Å². The van der Waals surface area contributed by atoms with E-state index in [2.05, 4.69) is 10.3 Å². The van der Waals surface area contributed by atoms with E-state index in [-0.39, 0.29) is 6.09 Å². The van der Waals surface area contributed by atoms with Crippen LogP contribution in [0.2, 0.25) is 0 Å². The number of aromatic nitrogens is 1. The Bertz CT molecular complexity index is 355. The highest BCUT2D eigenvalue weighted by Gasteiger charge is 2.15. The summed E-state index contributed by atoms with van der Waals surface area (Å²) in [5.74, 6) is 0. The molecule has 1 amide bonds. The largest absolute Gasteiger partial charge is 0.444 e. The minimum Gasteiger partial charge on any atom is -0.444 e. The quantitative estimate of drug-likeness (QED) is 0.886. The van der Waals surface area contributed by atoms with Crippen molar-refractivity contribution in [2.75, 3.05) is 6.54 Å². The van der Waals surface area contributed by atoms with Gasteiger partial charge in [0, 0.05) is 18.3 Å². The fourth-order valence-corrected chi connectivity index (χ4v) is 1.78. The number of nitrogens with one attached hydrogen (secondary N) is 1. The van der Waals surface area contributed by atoms with Crippen molar-refractivity contribution in [2.24, 2.45) is 0 Å². The molecular formula is C11H18N2O2S. The summed E-state index contributed by atoms with van der Waals surface area (Å²) in [6.07, 6.45) is 0.364. The number of ether oxygens (including phenoxy) is 1. The average molecular weight is 242 g/mol. The van der Waals surface area contributed by atoms with Crippen LogP contribution in [0.5, 0.6) is 0 Å². The zero-order chi connectivity index (χ0) is 12.2. The van der Waals surface area contributed by atoms with Gasteiger partial charge in [-0.15, -0.1) is 11.3 Å². The van der Waals surface area contributed by atoms with Gasteiger partial charge in [0.1, 0.15) is 5.60 Å². The first-order valence-corrected chi connectivity index (χ1v) is 6.12. The number of hydrogen-bond donors (Lipinski definition) is 1. The van der Waals surface area contributed by atoms with Crippen molar-refractivity contribution in [3.63, 3.8) is 0 Å². The summed E-state index contributed by atoms with van der Waals surface area (Å²) in [5.41, 5.74) is 0.569. The summed E-state index contributed by atoms with van der Waals surface area (Å²) < 4.78 is 5.11. The monoisotopic (exact) mass is 242 g/mol. The maximum Gasteiger partial charge on any atom is 0.407 e. The molecule has 0 aliphatic heterocycles. The number of rotatable bonds is 3. The van der Waals surface area contributed by atoms with Gasteiger partial charge in [-0.3, -0.25) is 0 Å². The molecule has 0 spiro atoms. The van der Waals surface area contributed by atoms with Crippen molar-refractivity contribution >= 4 is 17.4 Å². The normalized spacial score (nSPS) is 11.2. The maximum absolute atomic E-state index is 11.3. The van der Waals surface area contributed by atoms with Crippen LogP contribution in [0.3, 0.4) is 0 Å². The second-order valence-electron chi connectivity index (χ2n) is 4.54. The number of nitrogens with zero attached hydrogens (tertiary/aromatic N) is 1. The molecule has 16 heavy (non-hydrogen) atoms. The molecule has 0 fully saturated rings. The number of aryl methyl sites for hydroxylation is 1. The van der Waals surface area contributed by atoms with Gasteiger partial charge in [0.2, 0.25) is 0 Å². The van der Waals surface area contributed by atoms with E-state index in [1.165, 1.54) is 0 Å². The molecule has 0 saturated carbocycles. The lowest BCUT2D eigenvalue weighted by Crippen LogP contribution is -2.33. The predicted octanol–water partition coefficient (Wildman–Crippen LogP) is 2.52. The summed E-state index contributed by atoms with van der Waals surface area (Å²) in [6.45, 7) is 8.05. The molecule has 0 saturated heterocycles. The number of hydrogen-bond acceptors (Lipinski definition) is 4. The highest BCUT2D eigenvalue weighted by molar-refractivity contribution is 7.09. The topological polar surface area (TPSA) is 51.2 Å². The van der Waals surface area contributed by atoms with E-state index in [9.17, 15) is 4.79 Å². The van der Waals surface area contributed by atoms with Crippen LogP contribution in [0.4, 0.5) is 4.79 Å². The van der Waals surface area contributed by atoms with E-state index in [1.54, 1.807) is 11.3 Å². The van der Waals surface area contributed by atoms with Gasteiger partial charge < -0.3 is 10.1 Å². The van der Waals surface area contributed by atoms with E-state index in [0.717, 1.165) is 17.1 Å². The Morgan fingerprint density at radius 3 is 2.75 bits per heavy atom. The molecule has 5 heteroatoms. The molecular weight excluding hydrogens is 224 g/mol. The number of carbonyl (C=O) groups excluding carboxylic acids is 1. The second kappa shape index (κ2) is 5.30. The molecule has 1 rings (SSSR count). The Balaban J connectivity index is 2.23.